The fourth-order valence-electron chi connectivity index (χ4n) is 2.95. The van der Waals surface area contributed by atoms with Crippen LogP contribution in [-0.4, -0.2) is 55.0 Å². The largest absolute Gasteiger partial charge is 0.464 e. The second-order valence-electron chi connectivity index (χ2n) is 5.96. The van der Waals surface area contributed by atoms with Crippen molar-refractivity contribution < 1.29 is 22.8 Å². The van der Waals surface area contributed by atoms with Crippen LogP contribution in [-0.2, 0) is 10.0 Å². The van der Waals surface area contributed by atoms with Gasteiger partial charge in [-0.2, -0.15) is 4.31 Å². The number of hydrogen-bond acceptors (Lipinski definition) is 8. The Balaban J connectivity index is 1.48. The van der Waals surface area contributed by atoms with Gasteiger partial charge >= 0.3 is 0 Å². The number of benzene rings is 1. The van der Waals surface area contributed by atoms with E-state index in [-0.39, 0.29) is 9.77 Å². The molecular weight excluding hydrogens is 392 g/mol. The smallest absolute Gasteiger partial charge is 0.286 e. The Morgan fingerprint density at radius 2 is 2.00 bits per heavy atom. The molecule has 142 valence electrons. The number of amides is 1. The van der Waals surface area contributed by atoms with Gasteiger partial charge in [-0.1, -0.05) is 11.3 Å². The van der Waals surface area contributed by atoms with Gasteiger partial charge < -0.3 is 9.32 Å². The van der Waals surface area contributed by atoms with Gasteiger partial charge in [-0.25, -0.2) is 18.9 Å². The Bertz CT molecular complexity index is 1080. The number of sulfonamides is 1. The van der Waals surface area contributed by atoms with E-state index in [0.29, 0.717) is 36.9 Å². The average Bonchev–Trinajstić information content (AvgIpc) is 3.36. The van der Waals surface area contributed by atoms with Crippen LogP contribution in [0.1, 0.15) is 9.67 Å². The topological polar surface area (TPSA) is 116 Å². The molecular formula is C16H16N4O5S2. The highest BCUT2D eigenvalue weighted by molar-refractivity contribution is 7.89. The minimum Gasteiger partial charge on any atom is -0.464 e. The Morgan fingerprint density at radius 1 is 1.22 bits per heavy atom. The Morgan fingerprint density at radius 3 is 2.74 bits per heavy atom. The van der Waals surface area contributed by atoms with Crippen LogP contribution in [0.5, 0.6) is 0 Å². The molecule has 0 saturated carbocycles. The zero-order valence-electron chi connectivity index (χ0n) is 14.0. The Labute approximate surface area is 158 Å². The number of fused-ring (bicyclic) bond motifs is 1. The molecule has 0 spiro atoms. The summed E-state index contributed by atoms with van der Waals surface area (Å²) in [7, 11) is -3.60. The summed E-state index contributed by atoms with van der Waals surface area (Å²) in [4.78, 5) is 18.0. The second-order valence-corrected chi connectivity index (χ2v) is 8.91. The van der Waals surface area contributed by atoms with E-state index >= 15 is 0 Å². The Hall–Kier alpha value is -2.47. The first-order valence-corrected chi connectivity index (χ1v) is 10.4. The van der Waals surface area contributed by atoms with Crippen molar-refractivity contribution in [3.05, 3.63) is 41.6 Å². The molecule has 9 nitrogen and oxygen atoms in total. The number of piperazine rings is 1. The van der Waals surface area contributed by atoms with E-state index in [9.17, 15) is 13.2 Å². The van der Waals surface area contributed by atoms with Crippen molar-refractivity contribution in [2.45, 2.75) is 4.90 Å². The van der Waals surface area contributed by atoms with Crippen molar-refractivity contribution in [1.29, 1.82) is 0 Å². The van der Waals surface area contributed by atoms with Crippen molar-refractivity contribution in [1.82, 2.24) is 14.8 Å². The number of hydrogen-bond donors (Lipinski definition) is 2. The minimum absolute atomic E-state index is 0.237. The lowest BCUT2D eigenvalue weighted by Crippen LogP contribution is -2.48. The molecule has 1 aliphatic rings. The number of furan rings is 1. The molecule has 3 aromatic rings. The third kappa shape index (κ3) is 3.30. The van der Waals surface area contributed by atoms with Crippen molar-refractivity contribution in [2.75, 3.05) is 31.1 Å². The van der Waals surface area contributed by atoms with E-state index in [1.807, 2.05) is 4.90 Å². The minimum atomic E-state index is -3.60. The maximum Gasteiger partial charge on any atom is 0.286 e. The monoisotopic (exact) mass is 408 g/mol. The van der Waals surface area contributed by atoms with Crippen molar-refractivity contribution >= 4 is 43.4 Å². The standard InChI is InChI=1S/C16H16N4O5S2/c21-15(18-22)14-10-17-16(26-14)19-4-6-20(7-5-19)27(23,24)12-1-2-13-11(9-12)3-8-25-13/h1-3,8-10,22H,4-7H2,(H,18,21). The molecule has 3 heterocycles. The highest BCUT2D eigenvalue weighted by atomic mass is 32.2. The molecule has 27 heavy (non-hydrogen) atoms. The van der Waals surface area contributed by atoms with Gasteiger partial charge in [-0.3, -0.25) is 10.0 Å². The van der Waals surface area contributed by atoms with Gasteiger partial charge in [-0.05, 0) is 24.3 Å². The predicted molar refractivity (Wildman–Crippen MR) is 98.6 cm³/mol. The van der Waals surface area contributed by atoms with E-state index in [4.69, 9.17) is 9.62 Å². The fraction of sp³-hybridized carbons (Fsp3) is 0.250. The molecule has 0 atom stereocenters. The molecule has 1 aromatic carbocycles. The molecule has 4 rings (SSSR count). The third-order valence-corrected chi connectivity index (χ3v) is 7.34. The average molecular weight is 408 g/mol. The van der Waals surface area contributed by atoms with Crippen molar-refractivity contribution in [2.24, 2.45) is 0 Å². The number of hydroxylamine groups is 1. The molecule has 0 aliphatic carbocycles. The summed E-state index contributed by atoms with van der Waals surface area (Å²) in [6.07, 6.45) is 2.91. The second kappa shape index (κ2) is 6.93. The lowest BCUT2D eigenvalue weighted by Gasteiger charge is -2.33. The normalized spacial score (nSPS) is 16.0. The molecule has 11 heteroatoms. The molecule has 0 radical (unpaired) electrons. The van der Waals surface area contributed by atoms with Crippen LogP contribution < -0.4 is 10.4 Å². The van der Waals surface area contributed by atoms with Crippen LogP contribution in [0.3, 0.4) is 0 Å². The Kier molecular flexibility index (Phi) is 4.60. The molecule has 1 amide bonds. The van der Waals surface area contributed by atoms with Crippen LogP contribution in [0.4, 0.5) is 5.13 Å². The predicted octanol–water partition coefficient (Wildman–Crippen LogP) is 1.52. The highest BCUT2D eigenvalue weighted by Gasteiger charge is 2.30. The van der Waals surface area contributed by atoms with Crippen molar-refractivity contribution in [3.8, 4) is 0 Å². The number of carbonyl (C=O) groups is 1. The number of thiazole rings is 1. The fourth-order valence-corrected chi connectivity index (χ4v) is 5.26. The lowest BCUT2D eigenvalue weighted by molar-refractivity contribution is 0.0710. The molecule has 2 N–H and O–H groups in total. The lowest BCUT2D eigenvalue weighted by atomic mass is 10.3. The molecule has 0 bridgehead atoms. The summed E-state index contributed by atoms with van der Waals surface area (Å²) in [5, 5.41) is 10.0. The van der Waals surface area contributed by atoms with Gasteiger partial charge in [0.05, 0.1) is 17.4 Å². The molecule has 1 saturated heterocycles. The van der Waals surface area contributed by atoms with Crippen molar-refractivity contribution in [3.63, 3.8) is 0 Å². The first-order chi connectivity index (χ1) is 13.0. The van der Waals surface area contributed by atoms with E-state index in [1.165, 1.54) is 16.8 Å². The summed E-state index contributed by atoms with van der Waals surface area (Å²) >= 11 is 1.14. The zero-order valence-corrected chi connectivity index (χ0v) is 15.7. The van der Waals surface area contributed by atoms with Gasteiger partial charge in [0.1, 0.15) is 10.5 Å². The van der Waals surface area contributed by atoms with Crippen LogP contribution in [0.2, 0.25) is 0 Å². The summed E-state index contributed by atoms with van der Waals surface area (Å²) in [5.41, 5.74) is 2.22. The number of rotatable bonds is 4. The van der Waals surface area contributed by atoms with Gasteiger partial charge in [0.2, 0.25) is 10.0 Å². The van der Waals surface area contributed by atoms with Crippen LogP contribution in [0.25, 0.3) is 11.0 Å². The van der Waals surface area contributed by atoms with Crippen LogP contribution >= 0.6 is 11.3 Å². The molecule has 2 aromatic heterocycles. The zero-order chi connectivity index (χ0) is 19.0. The molecule has 1 fully saturated rings. The van der Waals surface area contributed by atoms with Gasteiger partial charge in [0, 0.05) is 31.6 Å². The highest BCUT2D eigenvalue weighted by Crippen LogP contribution is 2.26. The number of carbonyl (C=O) groups excluding carboxylic acids is 1. The van der Waals surface area contributed by atoms with Gasteiger partial charge in [0.25, 0.3) is 5.91 Å². The number of aromatic nitrogens is 1. The third-order valence-electron chi connectivity index (χ3n) is 4.39. The maximum absolute atomic E-state index is 12.9. The summed E-state index contributed by atoms with van der Waals surface area (Å²) in [6, 6.07) is 6.55. The van der Waals surface area contributed by atoms with Crippen LogP contribution in [0, 0.1) is 0 Å². The van der Waals surface area contributed by atoms with Gasteiger partial charge in [-0.15, -0.1) is 0 Å². The summed E-state index contributed by atoms with van der Waals surface area (Å²) < 4.78 is 32.5. The summed E-state index contributed by atoms with van der Waals surface area (Å²) in [5.74, 6) is -0.616. The SMILES string of the molecule is O=C(NO)c1cnc(N2CCN(S(=O)(=O)c3ccc4occc4c3)CC2)s1. The van der Waals surface area contributed by atoms with E-state index < -0.39 is 15.9 Å². The first kappa shape index (κ1) is 17.9. The van der Waals surface area contributed by atoms with Gasteiger partial charge in [0.15, 0.2) is 5.13 Å². The molecule has 1 aliphatic heterocycles. The number of anilines is 1. The molecule has 0 unspecified atom stereocenters. The first-order valence-electron chi connectivity index (χ1n) is 8.11. The maximum atomic E-state index is 12.9. The quantitative estimate of drug-likeness (QED) is 0.497. The van der Waals surface area contributed by atoms with Crippen LogP contribution in [0.15, 0.2) is 46.0 Å². The number of nitrogens with zero attached hydrogens (tertiary/aromatic N) is 3. The number of nitrogens with one attached hydrogen (secondary N) is 1. The summed E-state index contributed by atoms with van der Waals surface area (Å²) in [6.45, 7) is 1.54. The van der Waals surface area contributed by atoms with E-state index in [1.54, 1.807) is 29.7 Å². The van der Waals surface area contributed by atoms with E-state index in [0.717, 1.165) is 16.7 Å². The van der Waals surface area contributed by atoms with E-state index in [2.05, 4.69) is 4.98 Å².